The first-order valence-corrected chi connectivity index (χ1v) is 8.35. The average Bonchev–Trinajstić information content (AvgIpc) is 2.42. The van der Waals surface area contributed by atoms with Crippen LogP contribution in [0.25, 0.3) is 0 Å². The van der Waals surface area contributed by atoms with Gasteiger partial charge in [0, 0.05) is 11.6 Å². The Morgan fingerprint density at radius 3 is 2.24 bits per heavy atom. The largest absolute Gasteiger partial charge is 0.387 e. The third-order valence-corrected chi connectivity index (χ3v) is 4.37. The van der Waals surface area contributed by atoms with Crippen molar-refractivity contribution in [2.45, 2.75) is 78.0 Å². The van der Waals surface area contributed by atoms with E-state index in [0.29, 0.717) is 5.92 Å². The predicted octanol–water partition coefficient (Wildman–Crippen LogP) is 4.01. The molecule has 0 saturated heterocycles. The molecule has 0 heterocycles. The van der Waals surface area contributed by atoms with Crippen molar-refractivity contribution >= 4 is 0 Å². The SMILES string of the molecule is CC(C)C(NC(C)(C)C)C(O)c1ccc2c(c1)CCCC2. The summed E-state index contributed by atoms with van der Waals surface area (Å²) in [5, 5.41) is 14.4. The molecule has 0 bridgehead atoms. The van der Waals surface area contributed by atoms with Crippen LogP contribution in [0.3, 0.4) is 0 Å². The van der Waals surface area contributed by atoms with Crippen LogP contribution in [0, 0.1) is 5.92 Å². The highest BCUT2D eigenvalue weighted by Gasteiger charge is 2.28. The Morgan fingerprint density at radius 2 is 1.67 bits per heavy atom. The van der Waals surface area contributed by atoms with E-state index in [1.165, 1.54) is 30.4 Å². The molecule has 0 saturated carbocycles. The van der Waals surface area contributed by atoms with Crippen molar-refractivity contribution in [2.75, 3.05) is 0 Å². The Bertz CT molecular complexity index is 473. The summed E-state index contributed by atoms with van der Waals surface area (Å²) < 4.78 is 0. The quantitative estimate of drug-likeness (QED) is 0.877. The Balaban J connectivity index is 2.22. The van der Waals surface area contributed by atoms with Crippen LogP contribution in [-0.2, 0) is 12.8 Å². The van der Waals surface area contributed by atoms with E-state index in [1.807, 2.05) is 0 Å². The van der Waals surface area contributed by atoms with Crippen LogP contribution >= 0.6 is 0 Å². The van der Waals surface area contributed by atoms with Crippen LogP contribution in [0.5, 0.6) is 0 Å². The maximum atomic E-state index is 10.9. The molecule has 2 unspecified atom stereocenters. The summed E-state index contributed by atoms with van der Waals surface area (Å²) >= 11 is 0. The molecule has 0 radical (unpaired) electrons. The summed E-state index contributed by atoms with van der Waals surface area (Å²) in [6, 6.07) is 6.65. The van der Waals surface area contributed by atoms with E-state index in [9.17, 15) is 5.11 Å². The zero-order valence-electron chi connectivity index (χ0n) is 14.2. The number of aliphatic hydroxyl groups is 1. The topological polar surface area (TPSA) is 32.3 Å². The van der Waals surface area contributed by atoms with Gasteiger partial charge in [0.1, 0.15) is 0 Å². The zero-order valence-corrected chi connectivity index (χ0v) is 14.2. The van der Waals surface area contributed by atoms with Gasteiger partial charge in [0.05, 0.1) is 6.10 Å². The van der Waals surface area contributed by atoms with Crippen LogP contribution in [-0.4, -0.2) is 16.7 Å². The van der Waals surface area contributed by atoms with Gasteiger partial charge in [0.15, 0.2) is 0 Å². The molecule has 1 aromatic carbocycles. The number of hydrogen-bond acceptors (Lipinski definition) is 2. The van der Waals surface area contributed by atoms with E-state index in [-0.39, 0.29) is 11.6 Å². The number of aliphatic hydroxyl groups excluding tert-OH is 1. The summed E-state index contributed by atoms with van der Waals surface area (Å²) in [5.41, 5.74) is 3.98. The maximum absolute atomic E-state index is 10.9. The third kappa shape index (κ3) is 4.31. The molecule has 1 aliphatic rings. The van der Waals surface area contributed by atoms with Gasteiger partial charge in [-0.05, 0) is 69.1 Å². The molecule has 2 nitrogen and oxygen atoms in total. The molecule has 2 N–H and O–H groups in total. The van der Waals surface area contributed by atoms with Crippen molar-refractivity contribution in [3.63, 3.8) is 0 Å². The van der Waals surface area contributed by atoms with E-state index in [0.717, 1.165) is 12.0 Å². The summed E-state index contributed by atoms with van der Waals surface area (Å²) in [6.07, 6.45) is 4.49. The Hall–Kier alpha value is -0.860. The highest BCUT2D eigenvalue weighted by atomic mass is 16.3. The lowest BCUT2D eigenvalue weighted by Gasteiger charge is -2.35. The number of rotatable bonds is 4. The number of hydrogen-bond donors (Lipinski definition) is 2. The average molecular weight is 289 g/mol. The summed E-state index contributed by atoms with van der Waals surface area (Å²) in [6.45, 7) is 10.8. The van der Waals surface area contributed by atoms with E-state index >= 15 is 0 Å². The third-order valence-electron chi connectivity index (χ3n) is 4.37. The second kappa shape index (κ2) is 6.50. The van der Waals surface area contributed by atoms with Crippen molar-refractivity contribution < 1.29 is 5.11 Å². The Kier molecular flexibility index (Phi) is 5.11. The molecule has 0 aliphatic heterocycles. The van der Waals surface area contributed by atoms with E-state index in [1.54, 1.807) is 0 Å². The van der Waals surface area contributed by atoms with E-state index in [4.69, 9.17) is 0 Å². The van der Waals surface area contributed by atoms with Crippen molar-refractivity contribution in [3.8, 4) is 0 Å². The van der Waals surface area contributed by atoms with E-state index < -0.39 is 6.10 Å². The minimum Gasteiger partial charge on any atom is -0.387 e. The molecular formula is C19H31NO. The van der Waals surface area contributed by atoms with Gasteiger partial charge in [-0.3, -0.25) is 0 Å². The lowest BCUT2D eigenvalue weighted by Crippen LogP contribution is -2.49. The van der Waals surface area contributed by atoms with E-state index in [2.05, 4.69) is 58.1 Å². The lowest BCUT2D eigenvalue weighted by molar-refractivity contribution is 0.0893. The van der Waals surface area contributed by atoms with Crippen LogP contribution in [0.2, 0.25) is 0 Å². The standard InChI is InChI=1S/C19H31NO/c1-13(2)17(20-19(3,4)5)18(21)16-11-10-14-8-6-7-9-15(14)12-16/h10-13,17-18,20-21H,6-9H2,1-5H3. The lowest BCUT2D eigenvalue weighted by atomic mass is 9.86. The summed E-state index contributed by atoms with van der Waals surface area (Å²) in [5.74, 6) is 0.384. The summed E-state index contributed by atoms with van der Waals surface area (Å²) in [7, 11) is 0. The van der Waals surface area contributed by atoms with Crippen molar-refractivity contribution in [3.05, 3.63) is 34.9 Å². The smallest absolute Gasteiger partial charge is 0.0945 e. The predicted molar refractivity (Wildman–Crippen MR) is 89.6 cm³/mol. The van der Waals surface area contributed by atoms with Gasteiger partial charge >= 0.3 is 0 Å². The fraction of sp³-hybridized carbons (Fsp3) is 0.684. The number of benzene rings is 1. The molecule has 0 fully saturated rings. The normalized spacial score (nSPS) is 18.4. The second-order valence-corrected chi connectivity index (χ2v) is 7.84. The van der Waals surface area contributed by atoms with Gasteiger partial charge in [0.2, 0.25) is 0 Å². The van der Waals surface area contributed by atoms with Crippen LogP contribution in [0.1, 0.15) is 70.3 Å². The highest BCUT2D eigenvalue weighted by molar-refractivity contribution is 5.35. The van der Waals surface area contributed by atoms with Gasteiger partial charge in [-0.2, -0.15) is 0 Å². The fourth-order valence-electron chi connectivity index (χ4n) is 3.25. The second-order valence-electron chi connectivity index (χ2n) is 7.84. The summed E-state index contributed by atoms with van der Waals surface area (Å²) in [4.78, 5) is 0. The highest BCUT2D eigenvalue weighted by Crippen LogP contribution is 2.28. The van der Waals surface area contributed by atoms with Crippen molar-refractivity contribution in [1.82, 2.24) is 5.32 Å². The Labute approximate surface area is 130 Å². The monoisotopic (exact) mass is 289 g/mol. The molecule has 2 atom stereocenters. The molecule has 2 heteroatoms. The first-order valence-electron chi connectivity index (χ1n) is 8.35. The van der Waals surface area contributed by atoms with Crippen molar-refractivity contribution in [1.29, 1.82) is 0 Å². The maximum Gasteiger partial charge on any atom is 0.0945 e. The van der Waals surface area contributed by atoms with Gasteiger partial charge in [0.25, 0.3) is 0 Å². The molecule has 2 rings (SSSR count). The van der Waals surface area contributed by atoms with Crippen LogP contribution in [0.15, 0.2) is 18.2 Å². The van der Waals surface area contributed by atoms with Crippen LogP contribution < -0.4 is 5.32 Å². The zero-order chi connectivity index (χ0) is 15.6. The van der Waals surface area contributed by atoms with Crippen LogP contribution in [0.4, 0.5) is 0 Å². The van der Waals surface area contributed by atoms with Gasteiger partial charge in [-0.1, -0.05) is 32.0 Å². The number of aryl methyl sites for hydroxylation is 2. The molecule has 0 aromatic heterocycles. The molecule has 21 heavy (non-hydrogen) atoms. The molecule has 0 amide bonds. The van der Waals surface area contributed by atoms with Gasteiger partial charge in [-0.25, -0.2) is 0 Å². The Morgan fingerprint density at radius 1 is 1.05 bits per heavy atom. The molecular weight excluding hydrogens is 258 g/mol. The molecule has 1 aliphatic carbocycles. The van der Waals surface area contributed by atoms with Gasteiger partial charge in [-0.15, -0.1) is 0 Å². The number of nitrogens with one attached hydrogen (secondary N) is 1. The minimum atomic E-state index is -0.448. The molecule has 0 spiro atoms. The molecule has 1 aromatic rings. The van der Waals surface area contributed by atoms with Crippen molar-refractivity contribution in [2.24, 2.45) is 5.92 Å². The first kappa shape index (κ1) is 16.5. The van der Waals surface area contributed by atoms with Gasteiger partial charge < -0.3 is 10.4 Å². The fourth-order valence-corrected chi connectivity index (χ4v) is 3.25. The first-order chi connectivity index (χ1) is 9.78. The minimum absolute atomic E-state index is 0.00409. The molecule has 118 valence electrons. The number of fused-ring (bicyclic) bond motifs is 1.